The summed E-state index contributed by atoms with van der Waals surface area (Å²) in [5.41, 5.74) is 3.93. The molecule has 1 N–H and O–H groups in total. The van der Waals surface area contributed by atoms with Crippen LogP contribution in [0.4, 0.5) is 5.13 Å². The Morgan fingerprint density at radius 2 is 1.96 bits per heavy atom. The van der Waals surface area contributed by atoms with E-state index < -0.39 is 16.1 Å². The number of benzene rings is 1. The lowest BCUT2D eigenvalue weighted by Gasteiger charge is -2.25. The van der Waals surface area contributed by atoms with Crippen molar-refractivity contribution in [2.24, 2.45) is 0 Å². The molecule has 9 heteroatoms. The second kappa shape index (κ2) is 6.81. The molecule has 1 aliphatic heterocycles. The Morgan fingerprint density at radius 1 is 1.28 bits per heavy atom. The number of carbonyl (C=O) groups excluding carboxylic acids is 1. The Bertz CT molecular complexity index is 871. The van der Waals surface area contributed by atoms with Gasteiger partial charge in [0.15, 0.2) is 0 Å². The summed E-state index contributed by atoms with van der Waals surface area (Å²) in [5, 5.41) is 10.5. The van der Waals surface area contributed by atoms with E-state index in [1.807, 2.05) is 19.1 Å². The molecule has 2 aromatic rings. The van der Waals surface area contributed by atoms with Crippen LogP contribution in [0.15, 0.2) is 22.5 Å². The Labute approximate surface area is 151 Å². The predicted octanol–water partition coefficient (Wildman–Crippen LogP) is 2.26. The highest BCUT2D eigenvalue weighted by Gasteiger charge is 2.40. The van der Waals surface area contributed by atoms with Crippen LogP contribution in [-0.4, -0.2) is 41.4 Å². The molecule has 0 radical (unpaired) electrons. The summed E-state index contributed by atoms with van der Waals surface area (Å²) >= 11 is 1.20. The average molecular weight is 380 g/mol. The summed E-state index contributed by atoms with van der Waals surface area (Å²) in [5.74, 6) is -0.361. The van der Waals surface area contributed by atoms with Crippen molar-refractivity contribution in [2.45, 2.75) is 44.6 Å². The smallest absolute Gasteiger partial charge is 0.244 e. The number of amides is 1. The van der Waals surface area contributed by atoms with E-state index in [0.29, 0.717) is 40.5 Å². The minimum Gasteiger partial charge on any atom is -0.299 e. The van der Waals surface area contributed by atoms with Crippen LogP contribution in [0.3, 0.4) is 0 Å². The lowest BCUT2D eigenvalue weighted by molar-refractivity contribution is -0.119. The van der Waals surface area contributed by atoms with Gasteiger partial charge in [-0.15, -0.1) is 10.2 Å². The average Bonchev–Trinajstić information content (AvgIpc) is 3.16. The Hall–Kier alpha value is -1.84. The van der Waals surface area contributed by atoms with Gasteiger partial charge in [-0.3, -0.25) is 10.1 Å². The van der Waals surface area contributed by atoms with Crippen LogP contribution in [-0.2, 0) is 14.8 Å². The number of nitrogens with one attached hydrogen (secondary N) is 1. The minimum atomic E-state index is -3.75. The fourth-order valence-electron chi connectivity index (χ4n) is 3.40. The standard InChI is InChI=1S/C16H20N4O3S2/c1-10-7-11(2)14(12(3)8-10)25(22,23)20-6-4-5-13(20)15(21)18-16-19-17-9-24-16/h7-9,13H,4-6H2,1-3H3,(H,18,19,21). The first-order valence-corrected chi connectivity index (χ1v) is 10.3. The molecule has 1 aromatic heterocycles. The quantitative estimate of drug-likeness (QED) is 0.878. The van der Waals surface area contributed by atoms with Gasteiger partial charge in [-0.1, -0.05) is 29.0 Å². The first-order chi connectivity index (χ1) is 11.8. The number of rotatable bonds is 4. The molecule has 7 nitrogen and oxygen atoms in total. The summed E-state index contributed by atoms with van der Waals surface area (Å²) < 4.78 is 27.8. The highest BCUT2D eigenvalue weighted by molar-refractivity contribution is 7.89. The summed E-state index contributed by atoms with van der Waals surface area (Å²) in [6, 6.07) is 2.98. The van der Waals surface area contributed by atoms with Crippen molar-refractivity contribution in [3.05, 3.63) is 34.3 Å². The molecule has 1 fully saturated rings. The zero-order valence-corrected chi connectivity index (χ0v) is 15.9. The number of hydrogen-bond acceptors (Lipinski definition) is 6. The maximum atomic E-state index is 13.2. The maximum absolute atomic E-state index is 13.2. The number of nitrogens with zero attached hydrogens (tertiary/aromatic N) is 3. The van der Waals surface area contributed by atoms with Gasteiger partial charge in [-0.05, 0) is 44.7 Å². The fourth-order valence-corrected chi connectivity index (χ4v) is 5.92. The molecule has 0 aliphatic carbocycles. The van der Waals surface area contributed by atoms with E-state index in [1.54, 1.807) is 13.8 Å². The number of aryl methyl sites for hydroxylation is 3. The molecule has 1 unspecified atom stereocenters. The normalized spacial score (nSPS) is 18.4. The van der Waals surface area contributed by atoms with E-state index in [4.69, 9.17) is 0 Å². The summed E-state index contributed by atoms with van der Waals surface area (Å²) in [4.78, 5) is 12.8. The van der Waals surface area contributed by atoms with Gasteiger partial charge in [-0.2, -0.15) is 4.31 Å². The molecular formula is C16H20N4O3S2. The summed E-state index contributed by atoms with van der Waals surface area (Å²) in [7, 11) is -3.75. The number of anilines is 1. The van der Waals surface area contributed by atoms with E-state index in [9.17, 15) is 13.2 Å². The molecule has 134 valence electrons. The van der Waals surface area contributed by atoms with Gasteiger partial charge in [0.1, 0.15) is 11.6 Å². The third-order valence-corrected chi connectivity index (χ3v) is 7.09. The van der Waals surface area contributed by atoms with Crippen LogP contribution in [0.1, 0.15) is 29.5 Å². The Balaban J connectivity index is 1.92. The third-order valence-electron chi connectivity index (χ3n) is 4.27. The zero-order valence-electron chi connectivity index (χ0n) is 14.3. The van der Waals surface area contributed by atoms with E-state index in [-0.39, 0.29) is 5.91 Å². The van der Waals surface area contributed by atoms with Crippen LogP contribution in [0.2, 0.25) is 0 Å². The first-order valence-electron chi connectivity index (χ1n) is 7.97. The summed E-state index contributed by atoms with van der Waals surface area (Å²) in [6.45, 7) is 5.85. The predicted molar refractivity (Wildman–Crippen MR) is 96.1 cm³/mol. The summed E-state index contributed by atoms with van der Waals surface area (Å²) in [6.07, 6.45) is 1.14. The molecule has 1 aliphatic rings. The number of sulfonamides is 1. The largest absolute Gasteiger partial charge is 0.299 e. The minimum absolute atomic E-state index is 0.300. The van der Waals surface area contributed by atoms with Crippen LogP contribution in [0, 0.1) is 20.8 Å². The van der Waals surface area contributed by atoms with Crippen molar-refractivity contribution in [3.8, 4) is 0 Å². The molecule has 0 saturated carbocycles. The molecule has 1 saturated heterocycles. The second-order valence-corrected chi connectivity index (χ2v) is 8.90. The molecular weight excluding hydrogens is 360 g/mol. The van der Waals surface area contributed by atoms with Crippen molar-refractivity contribution in [3.63, 3.8) is 0 Å². The topological polar surface area (TPSA) is 92.3 Å². The molecule has 25 heavy (non-hydrogen) atoms. The highest BCUT2D eigenvalue weighted by atomic mass is 32.2. The number of carbonyl (C=O) groups is 1. The van der Waals surface area contributed by atoms with Gasteiger partial charge >= 0.3 is 0 Å². The van der Waals surface area contributed by atoms with Crippen LogP contribution >= 0.6 is 11.3 Å². The van der Waals surface area contributed by atoms with Gasteiger partial charge in [-0.25, -0.2) is 8.42 Å². The Morgan fingerprint density at radius 3 is 2.56 bits per heavy atom. The lowest BCUT2D eigenvalue weighted by Crippen LogP contribution is -2.43. The maximum Gasteiger partial charge on any atom is 0.244 e. The van der Waals surface area contributed by atoms with Crippen LogP contribution < -0.4 is 5.32 Å². The fraction of sp³-hybridized carbons (Fsp3) is 0.438. The van der Waals surface area contributed by atoms with Crippen molar-refractivity contribution in [1.29, 1.82) is 0 Å². The third kappa shape index (κ3) is 3.44. The van der Waals surface area contributed by atoms with Gasteiger partial charge < -0.3 is 0 Å². The van der Waals surface area contributed by atoms with Gasteiger partial charge in [0.2, 0.25) is 21.1 Å². The monoisotopic (exact) mass is 380 g/mol. The van der Waals surface area contributed by atoms with E-state index in [2.05, 4.69) is 15.5 Å². The Kier molecular flexibility index (Phi) is 4.90. The van der Waals surface area contributed by atoms with Gasteiger partial charge in [0.25, 0.3) is 0 Å². The molecule has 2 heterocycles. The highest BCUT2D eigenvalue weighted by Crippen LogP contribution is 2.31. The molecule has 1 amide bonds. The molecule has 3 rings (SSSR count). The number of aromatic nitrogens is 2. The van der Waals surface area contributed by atoms with Crippen molar-refractivity contribution < 1.29 is 13.2 Å². The number of hydrogen-bond donors (Lipinski definition) is 1. The van der Waals surface area contributed by atoms with Crippen molar-refractivity contribution in [1.82, 2.24) is 14.5 Å². The molecule has 1 atom stereocenters. The van der Waals surface area contributed by atoms with E-state index in [0.717, 1.165) is 5.56 Å². The zero-order chi connectivity index (χ0) is 18.2. The van der Waals surface area contributed by atoms with Gasteiger partial charge in [0, 0.05) is 6.54 Å². The van der Waals surface area contributed by atoms with E-state index in [1.165, 1.54) is 21.2 Å². The van der Waals surface area contributed by atoms with Crippen molar-refractivity contribution in [2.75, 3.05) is 11.9 Å². The van der Waals surface area contributed by atoms with Gasteiger partial charge in [0.05, 0.1) is 4.90 Å². The van der Waals surface area contributed by atoms with Crippen LogP contribution in [0.5, 0.6) is 0 Å². The molecule has 0 bridgehead atoms. The van der Waals surface area contributed by atoms with Crippen molar-refractivity contribution >= 4 is 32.4 Å². The second-order valence-electron chi connectivity index (χ2n) is 6.23. The lowest BCUT2D eigenvalue weighted by atomic mass is 10.1. The molecule has 1 aromatic carbocycles. The SMILES string of the molecule is Cc1cc(C)c(S(=O)(=O)N2CCCC2C(=O)Nc2nncs2)c(C)c1. The van der Waals surface area contributed by atoms with Crippen LogP contribution in [0.25, 0.3) is 0 Å². The van der Waals surface area contributed by atoms with E-state index >= 15 is 0 Å². The molecule has 0 spiro atoms. The first kappa shape index (κ1) is 18.0.